The monoisotopic (exact) mass is 334 g/mol. The van der Waals surface area contributed by atoms with Gasteiger partial charge in [-0.2, -0.15) is 5.26 Å². The van der Waals surface area contributed by atoms with Crippen LogP contribution in [0.15, 0.2) is 48.5 Å². The van der Waals surface area contributed by atoms with Crippen LogP contribution in [0.3, 0.4) is 0 Å². The molecule has 0 aliphatic carbocycles. The zero-order chi connectivity index (χ0) is 15.8. The van der Waals surface area contributed by atoms with Gasteiger partial charge in [0.25, 0.3) is 0 Å². The molecule has 0 amide bonds. The van der Waals surface area contributed by atoms with Gasteiger partial charge in [-0.15, -0.1) is 11.3 Å². The second-order valence-electron chi connectivity index (χ2n) is 4.96. The van der Waals surface area contributed by atoms with Crippen molar-refractivity contribution in [3.05, 3.63) is 58.3 Å². The van der Waals surface area contributed by atoms with Crippen molar-refractivity contribution in [2.75, 3.05) is 0 Å². The van der Waals surface area contributed by atoms with Crippen molar-refractivity contribution in [1.29, 1.82) is 5.26 Å². The maximum Gasteiger partial charge on any atom is 0.182 e. The second kappa shape index (κ2) is 5.47. The number of H-pyrrole nitrogens is 1. The van der Waals surface area contributed by atoms with Gasteiger partial charge < -0.3 is 4.98 Å². The fraction of sp³-hybridized carbons (Fsp3) is 0. The Morgan fingerprint density at radius 1 is 1.22 bits per heavy atom. The number of aromatic nitrogens is 3. The number of thiazole rings is 1. The fourth-order valence-corrected chi connectivity index (χ4v) is 3.64. The number of nitriles is 1. The third kappa shape index (κ3) is 2.36. The standard InChI is InChI=1S/C17H10N4S2/c18-9-11(16-19-13-6-2-4-8-15(13)23-16)10-21-14-7-3-1-5-12(14)20-17(21)22/h1-8,10H,(H,20,22)/b11-10-. The second-order valence-corrected chi connectivity index (χ2v) is 6.38. The summed E-state index contributed by atoms with van der Waals surface area (Å²) < 4.78 is 3.43. The Kier molecular flexibility index (Phi) is 3.30. The maximum atomic E-state index is 9.56. The summed E-state index contributed by atoms with van der Waals surface area (Å²) in [6.07, 6.45) is 1.75. The number of fused-ring (bicyclic) bond motifs is 2. The number of imidazole rings is 1. The predicted octanol–water partition coefficient (Wildman–Crippen LogP) is 4.83. The van der Waals surface area contributed by atoms with E-state index in [1.54, 1.807) is 6.20 Å². The SMILES string of the molecule is N#C/C(=C/n1c(=S)[nH]c2ccccc21)c1nc2ccccc2s1. The lowest BCUT2D eigenvalue weighted by atomic mass is 10.3. The number of hydrogen-bond donors (Lipinski definition) is 1. The molecule has 0 aliphatic rings. The molecule has 4 aromatic rings. The van der Waals surface area contributed by atoms with Gasteiger partial charge in [0.15, 0.2) is 4.77 Å². The molecule has 0 radical (unpaired) electrons. The summed E-state index contributed by atoms with van der Waals surface area (Å²) in [5.74, 6) is 0. The third-order valence-electron chi connectivity index (χ3n) is 3.53. The number of aromatic amines is 1. The van der Waals surface area contributed by atoms with Crippen LogP contribution in [0.5, 0.6) is 0 Å². The lowest BCUT2D eigenvalue weighted by Crippen LogP contribution is -1.89. The summed E-state index contributed by atoms with van der Waals surface area (Å²) in [4.78, 5) is 7.69. The van der Waals surface area contributed by atoms with Gasteiger partial charge in [0.1, 0.15) is 16.6 Å². The highest BCUT2D eigenvalue weighted by molar-refractivity contribution is 7.71. The van der Waals surface area contributed by atoms with Crippen LogP contribution in [0.1, 0.15) is 5.01 Å². The zero-order valence-corrected chi connectivity index (χ0v) is 13.5. The van der Waals surface area contributed by atoms with Crippen LogP contribution in [0.4, 0.5) is 0 Å². The van der Waals surface area contributed by atoms with Gasteiger partial charge >= 0.3 is 0 Å². The van der Waals surface area contributed by atoms with E-state index in [-0.39, 0.29) is 0 Å². The van der Waals surface area contributed by atoms with E-state index in [4.69, 9.17) is 12.2 Å². The van der Waals surface area contributed by atoms with Crippen molar-refractivity contribution in [1.82, 2.24) is 14.5 Å². The summed E-state index contributed by atoms with van der Waals surface area (Å²) in [7, 11) is 0. The number of hydrogen-bond acceptors (Lipinski definition) is 4. The molecule has 4 rings (SSSR count). The van der Waals surface area contributed by atoms with Gasteiger partial charge in [-0.3, -0.25) is 4.57 Å². The van der Waals surface area contributed by atoms with E-state index in [9.17, 15) is 5.26 Å². The number of allylic oxidation sites excluding steroid dienone is 1. The summed E-state index contributed by atoms with van der Waals surface area (Å²) in [5, 5.41) is 10.3. The van der Waals surface area contributed by atoms with Crippen molar-refractivity contribution >= 4 is 56.6 Å². The minimum Gasteiger partial charge on any atom is -0.330 e. The topological polar surface area (TPSA) is 57.4 Å². The molecule has 0 fully saturated rings. The van der Waals surface area contributed by atoms with Crippen molar-refractivity contribution in [3.8, 4) is 6.07 Å². The molecule has 6 heteroatoms. The van der Waals surface area contributed by atoms with Crippen molar-refractivity contribution in [2.24, 2.45) is 0 Å². The number of benzene rings is 2. The summed E-state index contributed by atoms with van der Waals surface area (Å²) >= 11 is 6.87. The van der Waals surface area contributed by atoms with Crippen LogP contribution >= 0.6 is 23.6 Å². The highest BCUT2D eigenvalue weighted by Crippen LogP contribution is 2.27. The maximum absolute atomic E-state index is 9.56. The molecular weight excluding hydrogens is 324 g/mol. The molecule has 0 unspecified atom stereocenters. The van der Waals surface area contributed by atoms with E-state index in [0.717, 1.165) is 21.3 Å². The van der Waals surface area contributed by atoms with Crippen LogP contribution in [0.25, 0.3) is 33.0 Å². The Hall–Kier alpha value is -2.75. The molecule has 2 aromatic heterocycles. The van der Waals surface area contributed by atoms with Gasteiger partial charge in [-0.1, -0.05) is 24.3 Å². The molecule has 2 aromatic carbocycles. The summed E-state index contributed by atoms with van der Waals surface area (Å²) in [5.41, 5.74) is 3.27. The van der Waals surface area contributed by atoms with Crippen LogP contribution in [-0.2, 0) is 0 Å². The molecule has 0 bridgehead atoms. The molecule has 0 saturated heterocycles. The van der Waals surface area contributed by atoms with Crippen molar-refractivity contribution in [3.63, 3.8) is 0 Å². The molecule has 2 heterocycles. The van der Waals surface area contributed by atoms with E-state index >= 15 is 0 Å². The Balaban J connectivity index is 1.92. The van der Waals surface area contributed by atoms with E-state index in [0.29, 0.717) is 15.4 Å². The first kappa shape index (κ1) is 13.9. The van der Waals surface area contributed by atoms with Crippen LogP contribution in [-0.4, -0.2) is 14.5 Å². The molecule has 1 N–H and O–H groups in total. The molecule has 110 valence electrons. The van der Waals surface area contributed by atoms with Gasteiger partial charge in [0.2, 0.25) is 0 Å². The normalized spacial score (nSPS) is 11.9. The summed E-state index contributed by atoms with van der Waals surface area (Å²) in [6.45, 7) is 0. The molecule has 0 spiro atoms. The predicted molar refractivity (Wildman–Crippen MR) is 96.5 cm³/mol. The minimum atomic E-state index is 0.493. The Morgan fingerprint density at radius 2 is 2.00 bits per heavy atom. The van der Waals surface area contributed by atoms with E-state index in [2.05, 4.69) is 16.0 Å². The minimum absolute atomic E-state index is 0.493. The molecular formula is C17H10N4S2. The Bertz CT molecular complexity index is 1120. The largest absolute Gasteiger partial charge is 0.330 e. The summed E-state index contributed by atoms with van der Waals surface area (Å²) in [6, 6.07) is 17.9. The first-order valence-corrected chi connectivity index (χ1v) is 8.16. The van der Waals surface area contributed by atoms with Crippen LogP contribution < -0.4 is 0 Å². The average Bonchev–Trinajstić information content (AvgIpc) is 3.13. The zero-order valence-electron chi connectivity index (χ0n) is 11.9. The number of rotatable bonds is 2. The highest BCUT2D eigenvalue weighted by atomic mass is 32.1. The molecule has 0 atom stereocenters. The lowest BCUT2D eigenvalue weighted by molar-refractivity contribution is 1.14. The van der Waals surface area contributed by atoms with Crippen LogP contribution in [0.2, 0.25) is 0 Å². The smallest absolute Gasteiger partial charge is 0.182 e. The number of nitrogens with one attached hydrogen (secondary N) is 1. The van der Waals surface area contributed by atoms with Gasteiger partial charge in [0, 0.05) is 6.20 Å². The van der Waals surface area contributed by atoms with Crippen molar-refractivity contribution in [2.45, 2.75) is 0 Å². The molecule has 0 aliphatic heterocycles. The van der Waals surface area contributed by atoms with Gasteiger partial charge in [-0.25, -0.2) is 4.98 Å². The number of nitrogens with zero attached hydrogens (tertiary/aromatic N) is 3. The first-order chi connectivity index (χ1) is 11.3. The fourth-order valence-electron chi connectivity index (χ4n) is 2.45. The molecule has 4 nitrogen and oxygen atoms in total. The van der Waals surface area contributed by atoms with E-state index < -0.39 is 0 Å². The first-order valence-electron chi connectivity index (χ1n) is 6.93. The van der Waals surface area contributed by atoms with Crippen LogP contribution in [0, 0.1) is 16.1 Å². The number of para-hydroxylation sites is 3. The Morgan fingerprint density at radius 3 is 2.83 bits per heavy atom. The average molecular weight is 334 g/mol. The van der Waals surface area contributed by atoms with E-state index in [1.165, 1.54) is 11.3 Å². The molecule has 0 saturated carbocycles. The van der Waals surface area contributed by atoms with Gasteiger partial charge in [0.05, 0.1) is 21.3 Å². The quantitative estimate of drug-likeness (QED) is 0.422. The van der Waals surface area contributed by atoms with Crippen molar-refractivity contribution < 1.29 is 0 Å². The molecule has 23 heavy (non-hydrogen) atoms. The van der Waals surface area contributed by atoms with Gasteiger partial charge in [-0.05, 0) is 36.5 Å². The van der Waals surface area contributed by atoms with E-state index in [1.807, 2.05) is 53.1 Å². The highest BCUT2D eigenvalue weighted by Gasteiger charge is 2.10. The Labute approximate surface area is 141 Å². The lowest BCUT2D eigenvalue weighted by Gasteiger charge is -1.98. The third-order valence-corrected chi connectivity index (χ3v) is 4.90.